The van der Waals surface area contributed by atoms with Gasteiger partial charge in [-0.15, -0.1) is 0 Å². The third-order valence-corrected chi connectivity index (χ3v) is 9.19. The van der Waals surface area contributed by atoms with Crippen LogP contribution in [0.25, 0.3) is 11.0 Å². The Hall–Kier alpha value is -1.85. The van der Waals surface area contributed by atoms with Crippen LogP contribution in [0.2, 0.25) is 25.7 Å². The number of halogens is 1. The average Bonchev–Trinajstić information content (AvgIpc) is 3.11. The first kappa shape index (κ1) is 26.2. The van der Waals surface area contributed by atoms with Gasteiger partial charge in [-0.3, -0.25) is 0 Å². The van der Waals surface area contributed by atoms with Gasteiger partial charge in [0.05, 0.1) is 13.2 Å². The van der Waals surface area contributed by atoms with E-state index in [0.29, 0.717) is 26.5 Å². The van der Waals surface area contributed by atoms with Crippen LogP contribution in [0.3, 0.4) is 0 Å². The van der Waals surface area contributed by atoms with Crippen molar-refractivity contribution < 1.29 is 14.3 Å². The third-order valence-electron chi connectivity index (χ3n) is 5.82. The van der Waals surface area contributed by atoms with Gasteiger partial charge in [-0.2, -0.15) is 0 Å². The highest BCUT2D eigenvalue weighted by Crippen LogP contribution is 2.37. The summed E-state index contributed by atoms with van der Waals surface area (Å²) in [5.74, 6) is 0. The molecule has 188 valence electrons. The van der Waals surface area contributed by atoms with Crippen LogP contribution in [0.5, 0.6) is 0 Å². The molecule has 2 amide bonds. The number of rotatable bonds is 10. The number of benzene rings is 1. The number of nitrogens with one attached hydrogen (secondary N) is 2. The largest absolute Gasteiger partial charge is 0.380 e. The summed E-state index contributed by atoms with van der Waals surface area (Å²) in [5, 5.41) is 6.89. The van der Waals surface area contributed by atoms with Gasteiger partial charge in [-0.1, -0.05) is 38.3 Å². The van der Waals surface area contributed by atoms with Crippen LogP contribution in [0, 0.1) is 5.41 Å². The lowest BCUT2D eigenvalue weighted by atomic mass is 9.89. The van der Waals surface area contributed by atoms with Gasteiger partial charge in [0.15, 0.2) is 0 Å². The minimum Gasteiger partial charge on any atom is -0.380 e. The molecule has 3 aromatic rings. The molecule has 2 aromatic heterocycles. The number of carbonyl (C=O) groups is 1. The molecule has 0 spiro atoms. The molecule has 10 heteroatoms. The molecule has 4 rings (SSSR count). The number of pyridine rings is 1. The van der Waals surface area contributed by atoms with Gasteiger partial charge >= 0.3 is 6.03 Å². The second-order valence-corrected chi connectivity index (χ2v) is 18.1. The summed E-state index contributed by atoms with van der Waals surface area (Å²) >= 11 is 5.38. The maximum atomic E-state index is 12.2. The molecule has 0 aliphatic carbocycles. The van der Waals surface area contributed by atoms with Crippen molar-refractivity contribution in [3.8, 4) is 0 Å². The number of hydrogen-bond acceptors (Lipinski definition) is 5. The van der Waals surface area contributed by atoms with Crippen LogP contribution in [0.15, 0.2) is 57.0 Å². The molecule has 1 aliphatic rings. The van der Waals surface area contributed by atoms with Gasteiger partial charge in [0.1, 0.15) is 12.4 Å². The number of anilines is 1. The fourth-order valence-corrected chi connectivity index (χ4v) is 6.10. The molecule has 0 saturated carbocycles. The van der Waals surface area contributed by atoms with Crippen molar-refractivity contribution in [3.05, 3.63) is 47.2 Å². The third kappa shape index (κ3) is 7.10. The van der Waals surface area contributed by atoms with Gasteiger partial charge in [0, 0.05) is 64.4 Å². The van der Waals surface area contributed by atoms with Crippen LogP contribution in [0.4, 0.5) is 10.5 Å². The predicted octanol–water partition coefficient (Wildman–Crippen LogP) is 6.42. The first-order chi connectivity index (χ1) is 16.6. The summed E-state index contributed by atoms with van der Waals surface area (Å²) < 4.78 is 14.2. The van der Waals surface area contributed by atoms with Crippen LogP contribution in [0.1, 0.15) is 6.92 Å². The number of aromatic nitrogens is 2. The van der Waals surface area contributed by atoms with Crippen LogP contribution in [-0.4, -0.2) is 50.0 Å². The first-order valence-electron chi connectivity index (χ1n) is 11.7. The van der Waals surface area contributed by atoms with E-state index in [9.17, 15) is 4.79 Å². The molecule has 7 nitrogen and oxygen atoms in total. The topological polar surface area (TPSA) is 77.4 Å². The maximum absolute atomic E-state index is 12.2. The highest BCUT2D eigenvalue weighted by molar-refractivity contribution is 9.10. The summed E-state index contributed by atoms with van der Waals surface area (Å²) in [4.78, 5) is 19.0. The highest BCUT2D eigenvalue weighted by atomic mass is 79.9. The minimum absolute atomic E-state index is 0.0427. The normalized spacial score (nSPS) is 15.1. The van der Waals surface area contributed by atoms with Gasteiger partial charge in [-0.05, 0) is 52.3 Å². The van der Waals surface area contributed by atoms with E-state index in [0.717, 1.165) is 43.6 Å². The van der Waals surface area contributed by atoms with E-state index in [1.54, 1.807) is 11.8 Å². The Labute approximate surface area is 220 Å². The van der Waals surface area contributed by atoms with Crippen LogP contribution >= 0.6 is 27.7 Å². The number of amides is 2. The van der Waals surface area contributed by atoms with E-state index in [4.69, 9.17) is 9.47 Å². The first-order valence-corrected chi connectivity index (χ1v) is 17.1. The zero-order valence-electron chi connectivity index (χ0n) is 20.7. The Morgan fingerprint density at radius 3 is 2.66 bits per heavy atom. The summed E-state index contributed by atoms with van der Waals surface area (Å²) in [6, 6.07) is 10.8. The lowest BCUT2D eigenvalue weighted by molar-refractivity contribution is -0.0974. The van der Waals surface area contributed by atoms with Crippen molar-refractivity contribution in [2.45, 2.75) is 49.1 Å². The van der Waals surface area contributed by atoms with Crippen molar-refractivity contribution >= 4 is 58.5 Å². The maximum Gasteiger partial charge on any atom is 0.319 e. The fourth-order valence-electron chi connectivity index (χ4n) is 3.62. The Kier molecular flexibility index (Phi) is 8.27. The zero-order chi connectivity index (χ0) is 25.1. The number of nitrogens with zero attached hydrogens (tertiary/aromatic N) is 2. The fraction of sp³-hybridized carbons (Fsp3) is 0.440. The van der Waals surface area contributed by atoms with E-state index in [1.807, 2.05) is 42.7 Å². The molecule has 3 heterocycles. The van der Waals surface area contributed by atoms with E-state index in [-0.39, 0.29) is 11.4 Å². The Morgan fingerprint density at radius 2 is 2.00 bits per heavy atom. The molecule has 2 N–H and O–H groups in total. The second kappa shape index (κ2) is 11.0. The molecule has 35 heavy (non-hydrogen) atoms. The van der Waals surface area contributed by atoms with Gasteiger partial charge < -0.3 is 24.7 Å². The molecule has 1 aliphatic heterocycles. The summed E-state index contributed by atoms with van der Waals surface area (Å²) in [7, 11) is -1.11. The molecule has 1 fully saturated rings. The van der Waals surface area contributed by atoms with Crippen molar-refractivity contribution in [1.82, 2.24) is 14.9 Å². The molecular weight excluding hydrogens is 544 g/mol. The number of hydrogen-bond donors (Lipinski definition) is 2. The summed E-state index contributed by atoms with van der Waals surface area (Å²) in [6.07, 6.45) is 3.88. The van der Waals surface area contributed by atoms with Crippen LogP contribution in [-0.2, 0) is 16.2 Å². The molecule has 0 radical (unpaired) electrons. The van der Waals surface area contributed by atoms with E-state index in [2.05, 4.69) is 62.7 Å². The second-order valence-electron chi connectivity index (χ2n) is 10.5. The standard InChI is InChI=1S/C25H33BrN4O3SSi/c1-25(15-33-16-25)14-28-24(31)29-18-5-7-19(8-6-18)34-21-9-10-27-23-22(21)20(26)13-30(23)17-32-11-12-35(2,3)4/h5-10,13H,11-12,14-17H2,1-4H3,(H2,28,29,31). The number of urea groups is 1. The molecule has 0 bridgehead atoms. The lowest BCUT2D eigenvalue weighted by Gasteiger charge is -2.37. The predicted molar refractivity (Wildman–Crippen MR) is 148 cm³/mol. The SMILES string of the molecule is CC1(CNC(=O)Nc2ccc(Sc3ccnc4c3c(Br)cn4COCC[Si](C)(C)C)cc2)COC1. The molecule has 0 unspecified atom stereocenters. The molecule has 0 atom stereocenters. The van der Waals surface area contributed by atoms with E-state index in [1.165, 1.54) is 0 Å². The molecule has 1 aromatic carbocycles. The van der Waals surface area contributed by atoms with Gasteiger partial charge in [0.25, 0.3) is 0 Å². The monoisotopic (exact) mass is 576 g/mol. The highest BCUT2D eigenvalue weighted by Gasteiger charge is 2.33. The van der Waals surface area contributed by atoms with Crippen molar-refractivity contribution in [1.29, 1.82) is 0 Å². The average molecular weight is 578 g/mol. The molecule has 1 saturated heterocycles. The van der Waals surface area contributed by atoms with E-state index >= 15 is 0 Å². The Bertz CT molecular complexity index is 1180. The number of ether oxygens (including phenoxy) is 2. The van der Waals surface area contributed by atoms with E-state index < -0.39 is 8.07 Å². The van der Waals surface area contributed by atoms with Crippen molar-refractivity contribution in [2.75, 3.05) is 31.7 Å². The van der Waals surface area contributed by atoms with Crippen LogP contribution < -0.4 is 10.6 Å². The van der Waals surface area contributed by atoms with Crippen molar-refractivity contribution in [3.63, 3.8) is 0 Å². The zero-order valence-corrected chi connectivity index (χ0v) is 24.1. The van der Waals surface area contributed by atoms with Gasteiger partial charge in [0.2, 0.25) is 0 Å². The number of fused-ring (bicyclic) bond motifs is 1. The summed E-state index contributed by atoms with van der Waals surface area (Å²) in [6.45, 7) is 12.4. The van der Waals surface area contributed by atoms with Gasteiger partial charge in [-0.25, -0.2) is 9.78 Å². The minimum atomic E-state index is -1.11. The number of carbonyl (C=O) groups excluding carboxylic acids is 1. The van der Waals surface area contributed by atoms with Crippen molar-refractivity contribution in [2.24, 2.45) is 5.41 Å². The Balaban J connectivity index is 1.37. The lowest BCUT2D eigenvalue weighted by Crippen LogP contribution is -2.49. The smallest absolute Gasteiger partial charge is 0.319 e. The molecular formula is C25H33BrN4O3SSi. The quantitative estimate of drug-likeness (QED) is 0.215. The summed E-state index contributed by atoms with van der Waals surface area (Å²) in [5.41, 5.74) is 1.70. The Morgan fingerprint density at radius 1 is 1.26 bits per heavy atom.